The fraction of sp³-hybridized carbons (Fsp3) is 0.533. The van der Waals surface area contributed by atoms with Gasteiger partial charge in [0.25, 0.3) is 0 Å². The third-order valence-electron chi connectivity index (χ3n) is 1.74. The van der Waals surface area contributed by atoms with Crippen molar-refractivity contribution in [2.45, 2.75) is 54.8 Å². The molecule has 18 heavy (non-hydrogen) atoms. The number of esters is 1. The third-order valence-corrected chi connectivity index (χ3v) is 1.74. The molecule has 0 spiro atoms. The van der Waals surface area contributed by atoms with Crippen molar-refractivity contribution in [2.24, 2.45) is 0 Å². The van der Waals surface area contributed by atoms with Crippen LogP contribution in [0.3, 0.4) is 0 Å². The van der Waals surface area contributed by atoms with Crippen molar-refractivity contribution in [3.05, 3.63) is 29.8 Å². The van der Waals surface area contributed by atoms with Crippen LogP contribution >= 0.6 is 0 Å². The Labute approximate surface area is 111 Å². The number of rotatable bonds is 4. The van der Waals surface area contributed by atoms with E-state index in [1.54, 1.807) is 0 Å². The number of hydrogen-bond donors (Lipinski definition) is 0. The highest BCUT2D eigenvalue weighted by atomic mass is 16.5. The molecule has 1 rings (SSSR count). The number of ether oxygens (including phenoxy) is 2. The van der Waals surface area contributed by atoms with Gasteiger partial charge in [-0.25, -0.2) is 0 Å². The van der Waals surface area contributed by atoms with Gasteiger partial charge in [0, 0.05) is 6.92 Å². The molecule has 0 atom stereocenters. The van der Waals surface area contributed by atoms with Gasteiger partial charge in [0.15, 0.2) is 0 Å². The van der Waals surface area contributed by atoms with Crippen LogP contribution in [0.1, 0.15) is 47.6 Å². The van der Waals surface area contributed by atoms with E-state index in [9.17, 15) is 4.79 Å². The van der Waals surface area contributed by atoms with Crippen LogP contribution < -0.4 is 4.74 Å². The summed E-state index contributed by atoms with van der Waals surface area (Å²) in [7, 11) is 0. The lowest BCUT2D eigenvalue weighted by Crippen LogP contribution is -2.05. The predicted octanol–water partition coefficient (Wildman–Crippen LogP) is 4.20. The molecule has 0 aliphatic heterocycles. The second-order valence-corrected chi connectivity index (χ2v) is 3.59. The Hall–Kier alpha value is -1.51. The Morgan fingerprint density at radius 2 is 1.67 bits per heavy atom. The second-order valence-electron chi connectivity index (χ2n) is 3.59. The van der Waals surface area contributed by atoms with E-state index in [0.717, 1.165) is 11.3 Å². The lowest BCUT2D eigenvalue weighted by Gasteiger charge is -2.09. The fourth-order valence-corrected chi connectivity index (χ4v) is 1.12. The minimum Gasteiger partial charge on any atom is -0.491 e. The quantitative estimate of drug-likeness (QED) is 0.755. The summed E-state index contributed by atoms with van der Waals surface area (Å²) in [6.45, 7) is 9.67. The largest absolute Gasteiger partial charge is 0.491 e. The topological polar surface area (TPSA) is 35.5 Å². The van der Waals surface area contributed by atoms with Gasteiger partial charge in [-0.2, -0.15) is 0 Å². The molecule has 0 fully saturated rings. The Bertz CT molecular complexity index is 315. The van der Waals surface area contributed by atoms with Crippen LogP contribution in [0.2, 0.25) is 0 Å². The van der Waals surface area contributed by atoms with E-state index in [4.69, 9.17) is 9.47 Å². The van der Waals surface area contributed by atoms with Gasteiger partial charge in [0.05, 0.1) is 6.10 Å². The zero-order valence-corrected chi connectivity index (χ0v) is 11.3. The van der Waals surface area contributed by atoms with Crippen molar-refractivity contribution in [2.75, 3.05) is 0 Å². The maximum Gasteiger partial charge on any atom is 0.302 e. The molecule has 1 aromatic carbocycles. The molecule has 0 N–H and O–H groups in total. The van der Waals surface area contributed by atoms with Gasteiger partial charge >= 0.3 is 5.97 Å². The van der Waals surface area contributed by atoms with Crippen LogP contribution in [-0.2, 0) is 16.1 Å². The SMILES string of the molecule is C.CC.CC(=O)OCc1ccc(OC(C)C)cc1. The average molecular weight is 254 g/mol. The summed E-state index contributed by atoms with van der Waals surface area (Å²) in [6, 6.07) is 7.53. The van der Waals surface area contributed by atoms with Crippen LogP contribution in [0.5, 0.6) is 5.75 Å². The van der Waals surface area contributed by atoms with Gasteiger partial charge in [0.2, 0.25) is 0 Å². The smallest absolute Gasteiger partial charge is 0.302 e. The first kappa shape index (κ1) is 18.8. The minimum absolute atomic E-state index is 0. The molecule has 0 aromatic heterocycles. The molecule has 0 amide bonds. The number of benzene rings is 1. The zero-order valence-electron chi connectivity index (χ0n) is 11.3. The average Bonchev–Trinajstić information content (AvgIpc) is 2.30. The normalized spacial score (nSPS) is 8.78. The standard InChI is InChI=1S/C12H16O3.C2H6.CH4/c1-9(2)15-12-6-4-11(5-7-12)8-14-10(3)13;1-2;/h4-7,9H,8H2,1-3H3;1-2H3;1H4. The highest BCUT2D eigenvalue weighted by Crippen LogP contribution is 2.14. The molecule has 0 unspecified atom stereocenters. The van der Waals surface area contributed by atoms with Gasteiger partial charge < -0.3 is 9.47 Å². The fourth-order valence-electron chi connectivity index (χ4n) is 1.12. The maximum atomic E-state index is 10.6. The van der Waals surface area contributed by atoms with Crippen LogP contribution in [0, 0.1) is 0 Å². The van der Waals surface area contributed by atoms with Gasteiger partial charge in [-0.3, -0.25) is 4.79 Å². The van der Waals surface area contributed by atoms with Crippen molar-refractivity contribution in [3.8, 4) is 5.75 Å². The van der Waals surface area contributed by atoms with Crippen molar-refractivity contribution in [1.29, 1.82) is 0 Å². The van der Waals surface area contributed by atoms with Gasteiger partial charge in [-0.05, 0) is 31.5 Å². The van der Waals surface area contributed by atoms with E-state index in [-0.39, 0.29) is 19.5 Å². The lowest BCUT2D eigenvalue weighted by atomic mass is 10.2. The third kappa shape index (κ3) is 8.62. The molecule has 0 radical (unpaired) electrons. The summed E-state index contributed by atoms with van der Waals surface area (Å²) < 4.78 is 10.4. The summed E-state index contributed by atoms with van der Waals surface area (Å²) in [6.07, 6.45) is 0.171. The van der Waals surface area contributed by atoms with Crippen molar-refractivity contribution >= 4 is 5.97 Å². The maximum absolute atomic E-state index is 10.6. The molecule has 0 aliphatic carbocycles. The number of hydrogen-bond acceptors (Lipinski definition) is 3. The van der Waals surface area contributed by atoms with Crippen LogP contribution in [0.25, 0.3) is 0 Å². The molecule has 3 nitrogen and oxygen atoms in total. The summed E-state index contributed by atoms with van der Waals surface area (Å²) in [5, 5.41) is 0. The van der Waals surface area contributed by atoms with E-state index >= 15 is 0 Å². The summed E-state index contributed by atoms with van der Waals surface area (Å²) in [5.41, 5.74) is 0.960. The molecule has 104 valence electrons. The van der Waals surface area contributed by atoms with E-state index in [2.05, 4.69) is 0 Å². The highest BCUT2D eigenvalue weighted by molar-refractivity contribution is 5.65. The van der Waals surface area contributed by atoms with Gasteiger partial charge in [-0.15, -0.1) is 0 Å². The van der Waals surface area contributed by atoms with Crippen LogP contribution in [0.15, 0.2) is 24.3 Å². The molecule has 1 aromatic rings. The van der Waals surface area contributed by atoms with Gasteiger partial charge in [0.1, 0.15) is 12.4 Å². The zero-order chi connectivity index (χ0) is 13.3. The second kappa shape index (κ2) is 10.6. The predicted molar refractivity (Wildman–Crippen MR) is 75.8 cm³/mol. The van der Waals surface area contributed by atoms with Crippen LogP contribution in [-0.4, -0.2) is 12.1 Å². The van der Waals surface area contributed by atoms with E-state index in [1.165, 1.54) is 6.92 Å². The molecule has 0 saturated heterocycles. The van der Waals surface area contributed by atoms with Gasteiger partial charge in [-0.1, -0.05) is 33.4 Å². The number of carbonyl (C=O) groups excluding carboxylic acids is 1. The van der Waals surface area contributed by atoms with E-state index < -0.39 is 0 Å². The minimum atomic E-state index is -0.266. The highest BCUT2D eigenvalue weighted by Gasteiger charge is 1.99. The Morgan fingerprint density at radius 1 is 1.17 bits per heavy atom. The summed E-state index contributed by atoms with van der Waals surface area (Å²) in [5.74, 6) is 0.564. The molecule has 0 bridgehead atoms. The first-order valence-corrected chi connectivity index (χ1v) is 5.97. The van der Waals surface area contributed by atoms with Crippen LogP contribution in [0.4, 0.5) is 0 Å². The molecule has 0 heterocycles. The summed E-state index contributed by atoms with van der Waals surface area (Å²) in [4.78, 5) is 10.6. The first-order valence-electron chi connectivity index (χ1n) is 5.97. The Kier molecular flexibility index (Phi) is 11.1. The lowest BCUT2D eigenvalue weighted by molar-refractivity contribution is -0.142. The Morgan fingerprint density at radius 3 is 2.06 bits per heavy atom. The first-order chi connectivity index (χ1) is 8.08. The Balaban J connectivity index is 0. The van der Waals surface area contributed by atoms with E-state index in [0.29, 0.717) is 6.61 Å². The van der Waals surface area contributed by atoms with E-state index in [1.807, 2.05) is 52.0 Å². The molecule has 0 aliphatic rings. The summed E-state index contributed by atoms with van der Waals surface area (Å²) >= 11 is 0. The molecule has 3 heteroatoms. The molecular weight excluding hydrogens is 228 g/mol. The molecule has 0 saturated carbocycles. The van der Waals surface area contributed by atoms with Crippen molar-refractivity contribution in [3.63, 3.8) is 0 Å². The molecular formula is C15H26O3. The monoisotopic (exact) mass is 254 g/mol. The van der Waals surface area contributed by atoms with Crippen molar-refractivity contribution < 1.29 is 14.3 Å². The van der Waals surface area contributed by atoms with Crippen molar-refractivity contribution in [1.82, 2.24) is 0 Å². The number of carbonyl (C=O) groups is 1.